The fourth-order valence-electron chi connectivity index (χ4n) is 1.35. The van der Waals surface area contributed by atoms with Crippen LogP contribution in [-0.2, 0) is 0 Å². The zero-order chi connectivity index (χ0) is 10.8. The van der Waals surface area contributed by atoms with Crippen molar-refractivity contribution >= 4 is 6.29 Å². The van der Waals surface area contributed by atoms with E-state index >= 15 is 0 Å². The molecule has 1 aromatic carbocycles. The van der Waals surface area contributed by atoms with Gasteiger partial charge in [-0.25, -0.2) is 4.68 Å². The second kappa shape index (κ2) is 3.57. The minimum absolute atomic E-state index is 0.0442. The number of aryl methyl sites for hydroxylation is 1. The van der Waals surface area contributed by atoms with Crippen molar-refractivity contribution < 1.29 is 9.90 Å². The van der Waals surface area contributed by atoms with Gasteiger partial charge in [-0.3, -0.25) is 4.79 Å². The summed E-state index contributed by atoms with van der Waals surface area (Å²) in [6.07, 6.45) is 4.19. The lowest BCUT2D eigenvalue weighted by molar-refractivity contribution is 0.112. The van der Waals surface area contributed by atoms with Crippen LogP contribution >= 0.6 is 0 Å². The molecule has 1 heterocycles. The summed E-state index contributed by atoms with van der Waals surface area (Å²) in [7, 11) is 0. The van der Waals surface area contributed by atoms with Crippen LogP contribution in [0.5, 0.6) is 5.75 Å². The molecule has 0 aliphatic carbocycles. The first kappa shape index (κ1) is 9.45. The number of aldehydes is 1. The molecule has 4 nitrogen and oxygen atoms in total. The highest BCUT2D eigenvalue weighted by molar-refractivity contribution is 5.76. The number of aromatic hydroxyl groups is 1. The van der Waals surface area contributed by atoms with Gasteiger partial charge in [0.25, 0.3) is 0 Å². The second-order valence-corrected chi connectivity index (χ2v) is 3.33. The molecule has 0 amide bonds. The van der Waals surface area contributed by atoms with Gasteiger partial charge in [0.1, 0.15) is 17.7 Å². The van der Waals surface area contributed by atoms with E-state index < -0.39 is 0 Å². The van der Waals surface area contributed by atoms with Gasteiger partial charge in [0.05, 0.1) is 6.20 Å². The molecule has 0 spiro atoms. The minimum atomic E-state index is 0.0442. The molecule has 2 rings (SSSR count). The average molecular weight is 202 g/mol. The predicted molar refractivity (Wildman–Crippen MR) is 55.4 cm³/mol. The Balaban J connectivity index is 2.49. The Labute approximate surface area is 86.8 Å². The van der Waals surface area contributed by atoms with Crippen LogP contribution in [0.3, 0.4) is 0 Å². The maximum Gasteiger partial charge on any atom is 0.150 e. The van der Waals surface area contributed by atoms with Crippen molar-refractivity contribution in [2.75, 3.05) is 0 Å². The van der Waals surface area contributed by atoms with Crippen molar-refractivity contribution in [2.45, 2.75) is 6.92 Å². The second-order valence-electron chi connectivity index (χ2n) is 3.33. The van der Waals surface area contributed by atoms with E-state index in [1.54, 1.807) is 29.2 Å². The van der Waals surface area contributed by atoms with Crippen molar-refractivity contribution in [1.29, 1.82) is 0 Å². The van der Waals surface area contributed by atoms with Gasteiger partial charge in [-0.05, 0) is 30.7 Å². The van der Waals surface area contributed by atoms with Gasteiger partial charge in [0.2, 0.25) is 0 Å². The number of hydrogen-bond donors (Lipinski definition) is 1. The lowest BCUT2D eigenvalue weighted by Crippen LogP contribution is -1.95. The summed E-state index contributed by atoms with van der Waals surface area (Å²) in [6.45, 7) is 1.92. The van der Waals surface area contributed by atoms with Crippen molar-refractivity contribution in [3.8, 4) is 11.4 Å². The summed E-state index contributed by atoms with van der Waals surface area (Å²) in [5.41, 5.74) is 2.02. The van der Waals surface area contributed by atoms with E-state index in [1.807, 2.05) is 6.92 Å². The zero-order valence-electron chi connectivity index (χ0n) is 8.21. The van der Waals surface area contributed by atoms with E-state index in [-0.39, 0.29) is 5.75 Å². The van der Waals surface area contributed by atoms with E-state index in [9.17, 15) is 9.90 Å². The zero-order valence-corrected chi connectivity index (χ0v) is 8.21. The number of rotatable bonds is 2. The van der Waals surface area contributed by atoms with E-state index in [0.29, 0.717) is 17.5 Å². The lowest BCUT2D eigenvalue weighted by atomic mass is 10.2. The molecule has 1 N–H and O–H groups in total. The average Bonchev–Trinajstić information content (AvgIpc) is 2.64. The maximum absolute atomic E-state index is 10.5. The smallest absolute Gasteiger partial charge is 0.150 e. The van der Waals surface area contributed by atoms with Crippen molar-refractivity contribution in [1.82, 2.24) is 9.78 Å². The van der Waals surface area contributed by atoms with Gasteiger partial charge >= 0.3 is 0 Å². The van der Waals surface area contributed by atoms with E-state index in [0.717, 1.165) is 5.56 Å². The Morgan fingerprint density at radius 1 is 1.47 bits per heavy atom. The van der Waals surface area contributed by atoms with E-state index in [4.69, 9.17) is 0 Å². The third-order valence-corrected chi connectivity index (χ3v) is 2.09. The summed E-state index contributed by atoms with van der Waals surface area (Å²) in [6, 6.07) is 4.71. The van der Waals surface area contributed by atoms with Crippen LogP contribution in [-0.4, -0.2) is 21.2 Å². The van der Waals surface area contributed by atoms with Crippen LogP contribution in [0, 0.1) is 6.92 Å². The SMILES string of the molecule is Cc1cnn(-c2ccc(C=O)cc2O)c1. The first-order valence-electron chi connectivity index (χ1n) is 4.50. The van der Waals surface area contributed by atoms with E-state index in [2.05, 4.69) is 5.10 Å². The van der Waals surface area contributed by atoms with Crippen LogP contribution in [0.15, 0.2) is 30.6 Å². The molecule has 0 saturated carbocycles. The highest BCUT2D eigenvalue weighted by Crippen LogP contribution is 2.21. The van der Waals surface area contributed by atoms with Crippen LogP contribution in [0.2, 0.25) is 0 Å². The third kappa shape index (κ3) is 1.74. The highest BCUT2D eigenvalue weighted by Gasteiger charge is 2.05. The van der Waals surface area contributed by atoms with Crippen molar-refractivity contribution in [2.24, 2.45) is 0 Å². The monoisotopic (exact) mass is 202 g/mol. The molecule has 0 bridgehead atoms. The molecule has 0 radical (unpaired) electrons. The van der Waals surface area contributed by atoms with Gasteiger partial charge < -0.3 is 5.11 Å². The summed E-state index contributed by atoms with van der Waals surface area (Å²) in [4.78, 5) is 10.5. The first-order valence-corrected chi connectivity index (χ1v) is 4.50. The number of aromatic nitrogens is 2. The molecule has 0 unspecified atom stereocenters. The standard InChI is InChI=1S/C11H10N2O2/c1-8-5-12-13(6-8)10-3-2-9(7-14)4-11(10)15/h2-7,15H,1H3. The summed E-state index contributed by atoms with van der Waals surface area (Å²) >= 11 is 0. The largest absolute Gasteiger partial charge is 0.506 e. The van der Waals surface area contributed by atoms with Gasteiger partial charge in [-0.2, -0.15) is 5.10 Å². The molecule has 4 heteroatoms. The van der Waals surface area contributed by atoms with Crippen LogP contribution in [0.1, 0.15) is 15.9 Å². The van der Waals surface area contributed by atoms with Crippen LogP contribution < -0.4 is 0 Å². The number of benzene rings is 1. The normalized spacial score (nSPS) is 10.2. The summed E-state index contributed by atoms with van der Waals surface area (Å²) in [5.74, 6) is 0.0442. The molecular weight excluding hydrogens is 192 g/mol. The molecule has 1 aromatic heterocycles. The van der Waals surface area contributed by atoms with Crippen molar-refractivity contribution in [3.63, 3.8) is 0 Å². The van der Waals surface area contributed by atoms with Gasteiger partial charge in [0, 0.05) is 11.8 Å². The Morgan fingerprint density at radius 2 is 2.27 bits per heavy atom. The van der Waals surface area contributed by atoms with Gasteiger partial charge in [-0.1, -0.05) is 0 Å². The number of hydrogen-bond acceptors (Lipinski definition) is 3. The number of carbonyl (C=O) groups excluding carboxylic acids is 1. The topological polar surface area (TPSA) is 55.1 Å². The van der Waals surface area contributed by atoms with E-state index in [1.165, 1.54) is 6.07 Å². The Hall–Kier alpha value is -2.10. The molecule has 0 aliphatic heterocycles. The predicted octanol–water partition coefficient (Wildman–Crippen LogP) is 1.70. The first-order chi connectivity index (χ1) is 7.20. The summed E-state index contributed by atoms with van der Waals surface area (Å²) in [5, 5.41) is 13.7. The van der Waals surface area contributed by atoms with Gasteiger partial charge in [-0.15, -0.1) is 0 Å². The number of carbonyl (C=O) groups is 1. The third-order valence-electron chi connectivity index (χ3n) is 2.09. The number of phenolic OH excluding ortho intramolecular Hbond substituents is 1. The molecule has 0 fully saturated rings. The quantitative estimate of drug-likeness (QED) is 0.754. The maximum atomic E-state index is 10.5. The van der Waals surface area contributed by atoms with Gasteiger partial charge in [0.15, 0.2) is 0 Å². The highest BCUT2D eigenvalue weighted by atomic mass is 16.3. The molecular formula is C11H10N2O2. The molecule has 0 atom stereocenters. The molecule has 0 aliphatic rings. The Bertz CT molecular complexity index is 503. The summed E-state index contributed by atoms with van der Waals surface area (Å²) < 4.78 is 1.57. The molecule has 76 valence electrons. The Morgan fingerprint density at radius 3 is 2.80 bits per heavy atom. The van der Waals surface area contributed by atoms with Crippen LogP contribution in [0.4, 0.5) is 0 Å². The number of phenols is 1. The molecule has 15 heavy (non-hydrogen) atoms. The van der Waals surface area contributed by atoms with Crippen molar-refractivity contribution in [3.05, 3.63) is 41.7 Å². The lowest BCUT2D eigenvalue weighted by Gasteiger charge is -2.04. The van der Waals surface area contributed by atoms with Crippen LogP contribution in [0.25, 0.3) is 5.69 Å². The molecule has 2 aromatic rings. The fourth-order valence-corrected chi connectivity index (χ4v) is 1.35. The Kier molecular flexibility index (Phi) is 2.25. The fraction of sp³-hybridized carbons (Fsp3) is 0.0909. The number of nitrogens with zero attached hydrogens (tertiary/aromatic N) is 2. The molecule has 0 saturated heterocycles. The minimum Gasteiger partial charge on any atom is -0.506 e.